The van der Waals surface area contributed by atoms with Crippen molar-refractivity contribution in [2.75, 3.05) is 5.09 Å². The normalized spacial score (nSPS) is 11.3. The Kier molecular flexibility index (Phi) is 3.68. The average Bonchev–Trinajstić information content (AvgIpc) is 2.28. The molecule has 0 amide bonds. The molecule has 0 radical (unpaired) electrons. The third-order valence-corrected chi connectivity index (χ3v) is 2.96. The fourth-order valence-corrected chi connectivity index (χ4v) is 2.18. The summed E-state index contributed by atoms with van der Waals surface area (Å²) in [4.78, 5) is 22.1. The maximum absolute atomic E-state index is 11.0. The highest BCUT2D eigenvalue weighted by Crippen LogP contribution is 2.40. The maximum Gasteiger partial charge on any atom is 0.427 e. The van der Waals surface area contributed by atoms with Gasteiger partial charge in [-0.05, 0) is 30.3 Å². The number of nitrogens with one attached hydrogen (secondary N) is 1. The van der Waals surface area contributed by atoms with Gasteiger partial charge in [0.25, 0.3) is 0 Å². The van der Waals surface area contributed by atoms with Gasteiger partial charge in [-0.3, -0.25) is 10.1 Å². The first-order valence-corrected chi connectivity index (χ1v) is 6.99. The van der Waals surface area contributed by atoms with Crippen LogP contribution in [0.25, 0.3) is 11.3 Å². The van der Waals surface area contributed by atoms with Crippen molar-refractivity contribution in [3.05, 3.63) is 47.6 Å². The summed E-state index contributed by atoms with van der Waals surface area (Å²) < 4.78 is 11.0. The van der Waals surface area contributed by atoms with E-state index >= 15 is 0 Å². The molecule has 1 heterocycles. The summed E-state index contributed by atoms with van der Waals surface area (Å²) in [5.41, 5.74) is 1.42. The van der Waals surface area contributed by atoms with Gasteiger partial charge in [-0.1, -0.05) is 17.7 Å². The topological polar surface area (TPSA) is 82.5 Å². The summed E-state index contributed by atoms with van der Waals surface area (Å²) >= 11 is 5.82. The third-order valence-electron chi connectivity index (χ3n) is 2.19. The number of rotatable bonds is 3. The molecule has 0 bridgehead atoms. The van der Waals surface area contributed by atoms with Crippen LogP contribution >= 0.6 is 19.3 Å². The van der Waals surface area contributed by atoms with E-state index in [-0.39, 0.29) is 5.69 Å². The van der Waals surface area contributed by atoms with Crippen LogP contribution in [0.3, 0.4) is 0 Å². The van der Waals surface area contributed by atoms with Crippen molar-refractivity contribution >= 4 is 25.0 Å². The summed E-state index contributed by atoms with van der Waals surface area (Å²) in [6.45, 7) is 0. The number of anilines is 1. The highest BCUT2D eigenvalue weighted by molar-refractivity contribution is 7.53. The molecule has 0 atom stereocenters. The number of pyridine rings is 1. The zero-order valence-corrected chi connectivity index (χ0v) is 10.8. The minimum atomic E-state index is -4.39. The first kappa shape index (κ1) is 13.1. The van der Waals surface area contributed by atoms with Crippen LogP contribution < -0.4 is 5.09 Å². The molecule has 0 unspecified atom stereocenters. The van der Waals surface area contributed by atoms with Gasteiger partial charge in [0.2, 0.25) is 0 Å². The van der Waals surface area contributed by atoms with Gasteiger partial charge < -0.3 is 9.79 Å². The van der Waals surface area contributed by atoms with Gasteiger partial charge in [0, 0.05) is 16.8 Å². The Labute approximate surface area is 109 Å². The van der Waals surface area contributed by atoms with Crippen LogP contribution in [0.15, 0.2) is 42.6 Å². The molecule has 7 heteroatoms. The lowest BCUT2D eigenvalue weighted by atomic mass is 10.1. The van der Waals surface area contributed by atoms with Gasteiger partial charge in [0.15, 0.2) is 0 Å². The van der Waals surface area contributed by atoms with Gasteiger partial charge >= 0.3 is 7.75 Å². The van der Waals surface area contributed by atoms with Gasteiger partial charge in [-0.25, -0.2) is 4.57 Å². The first-order chi connectivity index (χ1) is 8.46. The number of nitrogens with zero attached hydrogens (tertiary/aromatic N) is 1. The lowest BCUT2D eigenvalue weighted by Crippen LogP contribution is -1.97. The van der Waals surface area contributed by atoms with Crippen LogP contribution in [-0.2, 0) is 4.57 Å². The van der Waals surface area contributed by atoms with E-state index in [2.05, 4.69) is 10.1 Å². The summed E-state index contributed by atoms with van der Waals surface area (Å²) in [6.07, 6.45) is 1.60. The zero-order valence-electron chi connectivity index (χ0n) is 9.12. The third kappa shape index (κ3) is 3.31. The predicted molar refractivity (Wildman–Crippen MR) is 70.3 cm³/mol. The smallest absolute Gasteiger partial charge is 0.308 e. The van der Waals surface area contributed by atoms with Crippen molar-refractivity contribution < 1.29 is 14.4 Å². The summed E-state index contributed by atoms with van der Waals surface area (Å²) in [5, 5.41) is 2.51. The zero-order chi connectivity index (χ0) is 13.2. The second-order valence-electron chi connectivity index (χ2n) is 3.56. The summed E-state index contributed by atoms with van der Waals surface area (Å²) in [6, 6.07) is 10.0. The highest BCUT2D eigenvalue weighted by atomic mass is 35.5. The molecule has 1 aromatic heterocycles. The number of aromatic nitrogens is 1. The van der Waals surface area contributed by atoms with Crippen LogP contribution in [0.1, 0.15) is 0 Å². The molecule has 0 fully saturated rings. The van der Waals surface area contributed by atoms with Gasteiger partial charge in [0.1, 0.15) is 0 Å². The Morgan fingerprint density at radius 3 is 2.61 bits per heavy atom. The van der Waals surface area contributed by atoms with Crippen LogP contribution in [0, 0.1) is 0 Å². The van der Waals surface area contributed by atoms with Crippen LogP contribution in [-0.4, -0.2) is 14.8 Å². The minimum Gasteiger partial charge on any atom is -0.308 e. The van der Waals surface area contributed by atoms with E-state index in [4.69, 9.17) is 21.4 Å². The molecule has 2 rings (SSSR count). The van der Waals surface area contributed by atoms with Crippen molar-refractivity contribution in [3.8, 4) is 11.3 Å². The standard InChI is InChI=1S/C11H10ClN2O3P/c12-8-4-5-9(10-3-1-2-6-13-10)11(7-8)14-18(15,16)17/h1-7H,(H3,14,15,16,17). The molecule has 94 valence electrons. The number of halogens is 1. The minimum absolute atomic E-state index is 0.245. The first-order valence-electron chi connectivity index (χ1n) is 5.00. The highest BCUT2D eigenvalue weighted by Gasteiger charge is 2.16. The largest absolute Gasteiger partial charge is 0.427 e. The molecule has 0 aliphatic rings. The van der Waals surface area contributed by atoms with E-state index in [1.165, 1.54) is 6.07 Å². The molecule has 5 nitrogen and oxygen atoms in total. The molecule has 0 saturated carbocycles. The van der Waals surface area contributed by atoms with E-state index in [9.17, 15) is 4.57 Å². The van der Waals surface area contributed by atoms with E-state index in [1.807, 2.05) is 0 Å². The SMILES string of the molecule is O=P(O)(O)Nc1cc(Cl)ccc1-c1ccccn1. The van der Waals surface area contributed by atoms with E-state index in [0.717, 1.165) is 0 Å². The van der Waals surface area contributed by atoms with Gasteiger partial charge in [0.05, 0.1) is 11.4 Å². The molecule has 0 aliphatic carbocycles. The number of benzene rings is 1. The molecule has 2 aromatic rings. The molecule has 0 spiro atoms. The van der Waals surface area contributed by atoms with Crippen molar-refractivity contribution in [1.29, 1.82) is 0 Å². The molecule has 3 N–H and O–H groups in total. The van der Waals surface area contributed by atoms with Crippen molar-refractivity contribution in [2.24, 2.45) is 0 Å². The lowest BCUT2D eigenvalue weighted by Gasteiger charge is -2.12. The fourth-order valence-electron chi connectivity index (χ4n) is 1.51. The molecule has 0 aliphatic heterocycles. The maximum atomic E-state index is 11.0. The van der Waals surface area contributed by atoms with Gasteiger partial charge in [-0.2, -0.15) is 0 Å². The lowest BCUT2D eigenvalue weighted by molar-refractivity contribution is 0.380. The van der Waals surface area contributed by atoms with Crippen LogP contribution in [0.2, 0.25) is 5.02 Å². The molecular weight excluding hydrogens is 275 g/mol. The Bertz CT molecular complexity index is 600. The van der Waals surface area contributed by atoms with E-state index in [0.29, 0.717) is 16.3 Å². The Balaban J connectivity index is 2.51. The van der Waals surface area contributed by atoms with Crippen molar-refractivity contribution in [2.45, 2.75) is 0 Å². The predicted octanol–water partition coefficient (Wildman–Crippen LogP) is 2.91. The van der Waals surface area contributed by atoms with Gasteiger partial charge in [-0.15, -0.1) is 0 Å². The van der Waals surface area contributed by atoms with Crippen molar-refractivity contribution in [3.63, 3.8) is 0 Å². The Morgan fingerprint density at radius 2 is 2.00 bits per heavy atom. The summed E-state index contributed by atoms with van der Waals surface area (Å²) in [5.74, 6) is 0. The second kappa shape index (κ2) is 5.08. The molecule has 0 saturated heterocycles. The van der Waals surface area contributed by atoms with E-state index in [1.54, 1.807) is 36.5 Å². The average molecular weight is 285 g/mol. The molecule has 18 heavy (non-hydrogen) atoms. The Morgan fingerprint density at radius 1 is 1.22 bits per heavy atom. The van der Waals surface area contributed by atoms with Crippen LogP contribution in [0.5, 0.6) is 0 Å². The van der Waals surface area contributed by atoms with E-state index < -0.39 is 7.75 Å². The monoisotopic (exact) mass is 284 g/mol. The Hall–Kier alpha value is -1.39. The number of hydrogen-bond acceptors (Lipinski definition) is 2. The summed E-state index contributed by atoms with van der Waals surface area (Å²) in [7, 11) is -4.39. The molecular formula is C11H10ClN2O3P. The number of hydrogen-bond donors (Lipinski definition) is 3. The van der Waals surface area contributed by atoms with Crippen LogP contribution in [0.4, 0.5) is 5.69 Å². The fraction of sp³-hybridized carbons (Fsp3) is 0. The second-order valence-corrected chi connectivity index (χ2v) is 5.31. The quantitative estimate of drug-likeness (QED) is 0.755. The molecule has 1 aromatic carbocycles. The van der Waals surface area contributed by atoms with Crippen molar-refractivity contribution in [1.82, 2.24) is 4.98 Å².